The third kappa shape index (κ3) is 3.39. The fourth-order valence-corrected chi connectivity index (χ4v) is 1.97. The van der Waals surface area contributed by atoms with Gasteiger partial charge in [-0.2, -0.15) is 5.10 Å². The van der Waals surface area contributed by atoms with Gasteiger partial charge in [-0.15, -0.1) is 0 Å². The summed E-state index contributed by atoms with van der Waals surface area (Å²) in [4.78, 5) is 11.6. The van der Waals surface area contributed by atoms with Gasteiger partial charge in [0.15, 0.2) is 0 Å². The molecule has 1 aromatic heterocycles. The molecule has 0 aliphatic heterocycles. The first-order valence-corrected chi connectivity index (χ1v) is 6.91. The summed E-state index contributed by atoms with van der Waals surface area (Å²) >= 11 is 0. The lowest BCUT2D eigenvalue weighted by Crippen LogP contribution is -2.23. The lowest BCUT2D eigenvalue weighted by molar-refractivity contribution is 0.0946. The molecule has 0 fully saturated rings. The molecule has 0 saturated carbocycles. The SMILES string of the molecule is NS(=O)(=O)c1ccc(CNC(=O)c2ccn[nH]2)cc1. The van der Waals surface area contributed by atoms with Gasteiger partial charge in [0.25, 0.3) is 5.91 Å². The number of carbonyl (C=O) groups is 1. The number of benzene rings is 1. The van der Waals surface area contributed by atoms with E-state index in [2.05, 4.69) is 15.5 Å². The summed E-state index contributed by atoms with van der Waals surface area (Å²) in [6.45, 7) is 0.281. The molecule has 8 heteroatoms. The van der Waals surface area contributed by atoms with Crippen LogP contribution in [0, 0.1) is 0 Å². The largest absolute Gasteiger partial charge is 0.347 e. The zero-order chi connectivity index (χ0) is 13.9. The van der Waals surface area contributed by atoms with Crippen LogP contribution in [0.1, 0.15) is 16.1 Å². The van der Waals surface area contributed by atoms with Crippen LogP contribution in [0.3, 0.4) is 0 Å². The van der Waals surface area contributed by atoms with Crippen LogP contribution in [-0.4, -0.2) is 24.5 Å². The van der Waals surface area contributed by atoms with Crippen molar-refractivity contribution in [2.75, 3.05) is 0 Å². The number of nitrogens with zero attached hydrogens (tertiary/aromatic N) is 1. The molecule has 2 aromatic rings. The highest BCUT2D eigenvalue weighted by Gasteiger charge is 2.08. The van der Waals surface area contributed by atoms with Gasteiger partial charge >= 0.3 is 0 Å². The molecule has 0 aliphatic carbocycles. The molecule has 0 saturated heterocycles. The van der Waals surface area contributed by atoms with Gasteiger partial charge in [-0.05, 0) is 23.8 Å². The van der Waals surface area contributed by atoms with E-state index in [4.69, 9.17) is 5.14 Å². The number of rotatable bonds is 4. The van der Waals surface area contributed by atoms with E-state index in [1.165, 1.54) is 18.3 Å². The molecule has 2 rings (SSSR count). The first-order valence-electron chi connectivity index (χ1n) is 5.36. The summed E-state index contributed by atoms with van der Waals surface area (Å²) in [6.07, 6.45) is 1.48. The molecule has 19 heavy (non-hydrogen) atoms. The number of aromatic nitrogens is 2. The second-order valence-electron chi connectivity index (χ2n) is 3.84. The van der Waals surface area contributed by atoms with Crippen LogP contribution in [0.4, 0.5) is 0 Å². The van der Waals surface area contributed by atoms with E-state index < -0.39 is 10.0 Å². The summed E-state index contributed by atoms with van der Waals surface area (Å²) in [5.41, 5.74) is 1.13. The maximum Gasteiger partial charge on any atom is 0.269 e. The highest BCUT2D eigenvalue weighted by Crippen LogP contribution is 2.08. The van der Waals surface area contributed by atoms with E-state index >= 15 is 0 Å². The van der Waals surface area contributed by atoms with Gasteiger partial charge in [0.2, 0.25) is 10.0 Å². The number of amides is 1. The van der Waals surface area contributed by atoms with Gasteiger partial charge in [-0.1, -0.05) is 12.1 Å². The highest BCUT2D eigenvalue weighted by molar-refractivity contribution is 7.89. The number of H-pyrrole nitrogens is 1. The Hall–Kier alpha value is -2.19. The molecule has 0 aliphatic rings. The Morgan fingerprint density at radius 2 is 1.95 bits per heavy atom. The van der Waals surface area contributed by atoms with E-state index in [1.807, 2.05) is 0 Å². The lowest BCUT2D eigenvalue weighted by atomic mass is 10.2. The van der Waals surface area contributed by atoms with Crippen molar-refractivity contribution >= 4 is 15.9 Å². The van der Waals surface area contributed by atoms with Crippen LogP contribution in [0.25, 0.3) is 0 Å². The fraction of sp³-hybridized carbons (Fsp3) is 0.0909. The molecule has 1 heterocycles. The quantitative estimate of drug-likeness (QED) is 0.729. The fourth-order valence-electron chi connectivity index (χ4n) is 1.46. The maximum atomic E-state index is 11.6. The third-order valence-electron chi connectivity index (χ3n) is 2.45. The van der Waals surface area contributed by atoms with Crippen molar-refractivity contribution in [1.29, 1.82) is 0 Å². The average molecular weight is 280 g/mol. The Bertz CT molecular complexity index is 662. The van der Waals surface area contributed by atoms with Crippen molar-refractivity contribution in [2.24, 2.45) is 5.14 Å². The zero-order valence-corrected chi connectivity index (χ0v) is 10.6. The van der Waals surface area contributed by atoms with Gasteiger partial charge in [-0.3, -0.25) is 9.89 Å². The second-order valence-corrected chi connectivity index (χ2v) is 5.40. The van der Waals surface area contributed by atoms with Gasteiger partial charge in [0, 0.05) is 12.7 Å². The van der Waals surface area contributed by atoms with Crippen molar-refractivity contribution in [3.8, 4) is 0 Å². The summed E-state index contributed by atoms with van der Waals surface area (Å²) < 4.78 is 22.1. The van der Waals surface area contributed by atoms with Crippen molar-refractivity contribution in [1.82, 2.24) is 15.5 Å². The van der Waals surface area contributed by atoms with Gasteiger partial charge in [0.1, 0.15) is 5.69 Å². The van der Waals surface area contributed by atoms with Crippen molar-refractivity contribution < 1.29 is 13.2 Å². The summed E-state index contributed by atoms with van der Waals surface area (Å²) in [7, 11) is -3.69. The number of nitrogens with one attached hydrogen (secondary N) is 2. The number of hydrogen-bond donors (Lipinski definition) is 3. The van der Waals surface area contributed by atoms with Crippen molar-refractivity contribution in [2.45, 2.75) is 11.4 Å². The molecule has 100 valence electrons. The van der Waals surface area contributed by atoms with Crippen LogP contribution in [0.2, 0.25) is 0 Å². The maximum absolute atomic E-state index is 11.6. The van der Waals surface area contributed by atoms with Gasteiger partial charge < -0.3 is 5.32 Å². The van der Waals surface area contributed by atoms with Crippen LogP contribution in [0.15, 0.2) is 41.4 Å². The Balaban J connectivity index is 1.99. The predicted octanol–water partition coefficient (Wildman–Crippen LogP) is -0.0129. The molecule has 1 aromatic carbocycles. The van der Waals surface area contributed by atoms with Gasteiger partial charge in [-0.25, -0.2) is 13.6 Å². The minimum Gasteiger partial charge on any atom is -0.347 e. The normalized spacial score (nSPS) is 11.2. The highest BCUT2D eigenvalue weighted by atomic mass is 32.2. The standard InChI is InChI=1S/C11H12N4O3S/c12-19(17,18)9-3-1-8(2-4-9)7-13-11(16)10-5-6-14-15-10/h1-6H,7H2,(H,13,16)(H,14,15)(H2,12,17,18). The summed E-state index contributed by atoms with van der Waals surface area (Å²) in [5.74, 6) is -0.284. The van der Waals surface area contributed by atoms with E-state index in [0.717, 1.165) is 5.56 Å². The van der Waals surface area contributed by atoms with Crippen LogP contribution >= 0.6 is 0 Å². The molecule has 0 radical (unpaired) electrons. The first-order chi connectivity index (χ1) is 8.97. The molecule has 4 N–H and O–H groups in total. The van der Waals surface area contributed by atoms with Gasteiger partial charge in [0.05, 0.1) is 4.90 Å². The number of nitrogens with two attached hydrogens (primary N) is 1. The minimum absolute atomic E-state index is 0.0381. The summed E-state index contributed by atoms with van der Waals surface area (Å²) in [6, 6.07) is 7.53. The van der Waals surface area contributed by atoms with Crippen molar-refractivity contribution in [3.63, 3.8) is 0 Å². The number of hydrogen-bond acceptors (Lipinski definition) is 4. The number of aromatic amines is 1. The van der Waals surface area contributed by atoms with Crippen molar-refractivity contribution in [3.05, 3.63) is 47.8 Å². The Morgan fingerprint density at radius 1 is 1.26 bits per heavy atom. The van der Waals surface area contributed by atoms with E-state index in [9.17, 15) is 13.2 Å². The molecule has 0 unspecified atom stereocenters. The van der Waals surface area contributed by atoms with Crippen LogP contribution in [0.5, 0.6) is 0 Å². The van der Waals surface area contributed by atoms with E-state index in [0.29, 0.717) is 5.69 Å². The van der Waals surface area contributed by atoms with Crippen LogP contribution < -0.4 is 10.5 Å². The molecule has 0 bridgehead atoms. The number of primary sulfonamides is 1. The predicted molar refractivity (Wildman–Crippen MR) is 67.6 cm³/mol. The number of carbonyl (C=O) groups excluding carboxylic acids is 1. The summed E-state index contributed by atoms with van der Waals surface area (Å²) in [5, 5.41) is 13.9. The topological polar surface area (TPSA) is 118 Å². The molecule has 0 spiro atoms. The molecule has 0 atom stereocenters. The number of sulfonamides is 1. The molecular weight excluding hydrogens is 268 g/mol. The lowest BCUT2D eigenvalue weighted by Gasteiger charge is -2.04. The smallest absolute Gasteiger partial charge is 0.269 e. The molecule has 1 amide bonds. The van der Waals surface area contributed by atoms with E-state index in [-0.39, 0.29) is 17.3 Å². The molecule has 7 nitrogen and oxygen atoms in total. The Labute approximate surface area is 109 Å². The minimum atomic E-state index is -3.69. The zero-order valence-electron chi connectivity index (χ0n) is 9.83. The Morgan fingerprint density at radius 3 is 2.47 bits per heavy atom. The third-order valence-corrected chi connectivity index (χ3v) is 3.38. The van der Waals surface area contributed by atoms with Crippen LogP contribution in [-0.2, 0) is 16.6 Å². The molecular formula is C11H12N4O3S. The van der Waals surface area contributed by atoms with E-state index in [1.54, 1.807) is 18.2 Å². The average Bonchev–Trinajstić information content (AvgIpc) is 2.89. The first kappa shape index (κ1) is 13.2. The second kappa shape index (κ2) is 5.21. The Kier molecular flexibility index (Phi) is 3.63. The monoisotopic (exact) mass is 280 g/mol.